The van der Waals surface area contributed by atoms with Crippen LogP contribution in [0.5, 0.6) is 5.75 Å². The molecule has 0 aliphatic carbocycles. The van der Waals surface area contributed by atoms with Crippen LogP contribution < -0.4 is 15.5 Å². The molecule has 0 spiro atoms. The van der Waals surface area contributed by atoms with Gasteiger partial charge in [-0.05, 0) is 56.5 Å². The van der Waals surface area contributed by atoms with Gasteiger partial charge in [-0.25, -0.2) is 5.43 Å². The first kappa shape index (κ1) is 19.2. The van der Waals surface area contributed by atoms with Gasteiger partial charge in [-0.3, -0.25) is 9.59 Å². The summed E-state index contributed by atoms with van der Waals surface area (Å²) in [5.74, 6) is -0.875. The van der Waals surface area contributed by atoms with E-state index in [1.165, 1.54) is 5.56 Å². The van der Waals surface area contributed by atoms with E-state index in [1.807, 2.05) is 44.2 Å². The molecule has 2 aromatic carbocycles. The third kappa shape index (κ3) is 6.39. The van der Waals surface area contributed by atoms with Crippen LogP contribution in [0.25, 0.3) is 0 Å². The Balaban J connectivity index is 1.79. The lowest BCUT2D eigenvalue weighted by atomic mass is 10.1. The van der Waals surface area contributed by atoms with Crippen LogP contribution in [0.3, 0.4) is 0 Å². The van der Waals surface area contributed by atoms with Crippen molar-refractivity contribution in [2.24, 2.45) is 5.10 Å². The minimum atomic E-state index is -0.807. The summed E-state index contributed by atoms with van der Waals surface area (Å²) < 4.78 is 5.32. The number of carbonyl (C=O) groups excluding carboxylic acids is 2. The van der Waals surface area contributed by atoms with Gasteiger partial charge in [0, 0.05) is 11.4 Å². The molecule has 2 aromatic rings. The van der Waals surface area contributed by atoms with E-state index in [0.29, 0.717) is 24.5 Å². The molecule has 6 heteroatoms. The smallest absolute Gasteiger partial charge is 0.329 e. The predicted molar refractivity (Wildman–Crippen MR) is 102 cm³/mol. The third-order valence-electron chi connectivity index (χ3n) is 3.60. The van der Waals surface area contributed by atoms with Gasteiger partial charge in [-0.1, -0.05) is 30.3 Å². The number of hydrogen-bond donors (Lipinski definition) is 2. The largest absolute Gasteiger partial charge is 0.494 e. The van der Waals surface area contributed by atoms with Gasteiger partial charge in [0.1, 0.15) is 5.75 Å². The van der Waals surface area contributed by atoms with Gasteiger partial charge in [0.25, 0.3) is 0 Å². The zero-order valence-electron chi connectivity index (χ0n) is 15.0. The van der Waals surface area contributed by atoms with E-state index >= 15 is 0 Å². The highest BCUT2D eigenvalue weighted by molar-refractivity contribution is 6.39. The lowest BCUT2D eigenvalue weighted by molar-refractivity contribution is -0.136. The fourth-order valence-corrected chi connectivity index (χ4v) is 2.21. The van der Waals surface area contributed by atoms with Gasteiger partial charge in [-0.15, -0.1) is 0 Å². The molecule has 2 N–H and O–H groups in total. The molecule has 0 bridgehead atoms. The Labute approximate surface area is 153 Å². The number of nitrogens with one attached hydrogen (secondary N) is 2. The van der Waals surface area contributed by atoms with E-state index in [0.717, 1.165) is 12.1 Å². The zero-order chi connectivity index (χ0) is 18.8. The van der Waals surface area contributed by atoms with Crippen molar-refractivity contribution in [1.29, 1.82) is 0 Å². The SMILES string of the molecule is CCOc1ccc(NC(=O)C(=O)N/N=C(\C)CCc2ccccc2)cc1. The van der Waals surface area contributed by atoms with Crippen molar-refractivity contribution in [2.45, 2.75) is 26.7 Å². The Morgan fingerprint density at radius 2 is 1.69 bits per heavy atom. The van der Waals surface area contributed by atoms with E-state index < -0.39 is 11.8 Å². The highest BCUT2D eigenvalue weighted by atomic mass is 16.5. The number of benzene rings is 2. The first-order valence-electron chi connectivity index (χ1n) is 8.49. The number of amides is 2. The Morgan fingerprint density at radius 1 is 1.00 bits per heavy atom. The molecule has 2 amide bonds. The summed E-state index contributed by atoms with van der Waals surface area (Å²) in [6, 6.07) is 16.8. The molecule has 0 aliphatic heterocycles. The Morgan fingerprint density at radius 3 is 2.35 bits per heavy atom. The molecule has 0 atom stereocenters. The van der Waals surface area contributed by atoms with Crippen molar-refractivity contribution >= 4 is 23.2 Å². The van der Waals surface area contributed by atoms with Crippen molar-refractivity contribution in [3.05, 3.63) is 60.2 Å². The van der Waals surface area contributed by atoms with Crippen molar-refractivity contribution < 1.29 is 14.3 Å². The summed E-state index contributed by atoms with van der Waals surface area (Å²) in [6.07, 6.45) is 1.52. The number of aryl methyl sites for hydroxylation is 1. The molecule has 136 valence electrons. The second-order valence-corrected chi connectivity index (χ2v) is 5.69. The minimum absolute atomic E-state index is 0.512. The average molecular weight is 353 g/mol. The quantitative estimate of drug-likeness (QED) is 0.456. The normalized spacial score (nSPS) is 10.9. The highest BCUT2D eigenvalue weighted by Gasteiger charge is 2.13. The van der Waals surface area contributed by atoms with Crippen molar-refractivity contribution in [3.63, 3.8) is 0 Å². The minimum Gasteiger partial charge on any atom is -0.494 e. The topological polar surface area (TPSA) is 79.8 Å². The second kappa shape index (κ2) is 9.98. The number of carbonyl (C=O) groups is 2. The lowest BCUT2D eigenvalue weighted by Crippen LogP contribution is -2.32. The summed E-state index contributed by atoms with van der Waals surface area (Å²) in [5, 5.41) is 6.49. The molecule has 0 unspecified atom stereocenters. The maximum Gasteiger partial charge on any atom is 0.329 e. The van der Waals surface area contributed by atoms with Crippen LogP contribution in [0.2, 0.25) is 0 Å². The number of anilines is 1. The number of hydrazone groups is 1. The first-order chi connectivity index (χ1) is 12.6. The Kier molecular flexibility index (Phi) is 7.36. The molecule has 6 nitrogen and oxygen atoms in total. The maximum absolute atomic E-state index is 11.9. The van der Waals surface area contributed by atoms with E-state index in [1.54, 1.807) is 24.3 Å². The molecular formula is C20H23N3O3. The number of nitrogens with zero attached hydrogens (tertiary/aromatic N) is 1. The van der Waals surface area contributed by atoms with Crippen LogP contribution in [-0.2, 0) is 16.0 Å². The summed E-state index contributed by atoms with van der Waals surface area (Å²) in [5.41, 5.74) is 4.74. The highest BCUT2D eigenvalue weighted by Crippen LogP contribution is 2.15. The van der Waals surface area contributed by atoms with Crippen molar-refractivity contribution in [1.82, 2.24) is 5.43 Å². The molecule has 0 radical (unpaired) electrons. The summed E-state index contributed by atoms with van der Waals surface area (Å²) in [7, 11) is 0. The van der Waals surface area contributed by atoms with Crippen LogP contribution in [-0.4, -0.2) is 24.1 Å². The molecule has 2 rings (SSSR count). The van der Waals surface area contributed by atoms with E-state index in [2.05, 4.69) is 15.8 Å². The van der Waals surface area contributed by atoms with Crippen LogP contribution in [0.1, 0.15) is 25.8 Å². The van der Waals surface area contributed by atoms with Crippen LogP contribution in [0.4, 0.5) is 5.69 Å². The van der Waals surface area contributed by atoms with Crippen LogP contribution in [0, 0.1) is 0 Å². The molecule has 0 aromatic heterocycles. The molecule has 0 saturated heterocycles. The van der Waals surface area contributed by atoms with E-state index in [-0.39, 0.29) is 0 Å². The molecule has 0 saturated carbocycles. The summed E-state index contributed by atoms with van der Waals surface area (Å²) in [6.45, 7) is 4.27. The van der Waals surface area contributed by atoms with Crippen LogP contribution >= 0.6 is 0 Å². The lowest BCUT2D eigenvalue weighted by Gasteiger charge is -2.07. The first-order valence-corrected chi connectivity index (χ1v) is 8.49. The van der Waals surface area contributed by atoms with Gasteiger partial charge in [-0.2, -0.15) is 5.10 Å². The van der Waals surface area contributed by atoms with E-state index in [9.17, 15) is 9.59 Å². The maximum atomic E-state index is 11.9. The Hall–Kier alpha value is -3.15. The van der Waals surface area contributed by atoms with Crippen molar-refractivity contribution in [3.8, 4) is 5.75 Å². The van der Waals surface area contributed by atoms with Gasteiger partial charge < -0.3 is 10.1 Å². The fourth-order valence-electron chi connectivity index (χ4n) is 2.21. The second-order valence-electron chi connectivity index (χ2n) is 5.69. The average Bonchev–Trinajstić information content (AvgIpc) is 2.67. The van der Waals surface area contributed by atoms with Crippen LogP contribution in [0.15, 0.2) is 59.7 Å². The van der Waals surface area contributed by atoms with Crippen molar-refractivity contribution in [2.75, 3.05) is 11.9 Å². The van der Waals surface area contributed by atoms with Gasteiger partial charge in [0.15, 0.2) is 0 Å². The number of hydrogen-bond acceptors (Lipinski definition) is 4. The van der Waals surface area contributed by atoms with Gasteiger partial charge >= 0.3 is 11.8 Å². The standard InChI is InChI=1S/C20H23N3O3/c1-3-26-18-13-11-17(12-14-18)21-19(24)20(25)23-22-15(2)9-10-16-7-5-4-6-8-16/h4-8,11-14H,3,9-10H2,1-2H3,(H,21,24)(H,23,25)/b22-15+. The third-order valence-corrected chi connectivity index (χ3v) is 3.60. The molecule has 0 aliphatic rings. The Bertz CT molecular complexity index is 756. The van der Waals surface area contributed by atoms with Gasteiger partial charge in [0.05, 0.1) is 6.61 Å². The zero-order valence-corrected chi connectivity index (χ0v) is 15.0. The fraction of sp³-hybridized carbons (Fsp3) is 0.250. The van der Waals surface area contributed by atoms with Gasteiger partial charge in [0.2, 0.25) is 0 Å². The predicted octanol–water partition coefficient (Wildman–Crippen LogP) is 3.15. The summed E-state index contributed by atoms with van der Waals surface area (Å²) >= 11 is 0. The monoisotopic (exact) mass is 353 g/mol. The number of rotatable bonds is 7. The van der Waals surface area contributed by atoms with E-state index in [4.69, 9.17) is 4.74 Å². The molecule has 26 heavy (non-hydrogen) atoms. The molecule has 0 fully saturated rings. The summed E-state index contributed by atoms with van der Waals surface area (Å²) in [4.78, 5) is 23.7. The molecular weight excluding hydrogens is 330 g/mol. The molecule has 0 heterocycles. The number of ether oxygens (including phenoxy) is 1.